The Kier molecular flexibility index (Phi) is 3.94. The van der Waals surface area contributed by atoms with Crippen LogP contribution in [0.4, 0.5) is 0 Å². The molecule has 5 heteroatoms. The molecule has 2 aromatic heterocycles. The monoisotopic (exact) mass is 246 g/mol. The molecule has 2 heterocycles. The molecule has 0 atom stereocenters. The first-order chi connectivity index (χ1) is 8.70. The zero-order chi connectivity index (χ0) is 13.0. The van der Waals surface area contributed by atoms with E-state index in [4.69, 9.17) is 10.5 Å². The van der Waals surface area contributed by atoms with Gasteiger partial charge < -0.3 is 15.0 Å². The molecule has 0 aliphatic heterocycles. The first-order valence-corrected chi connectivity index (χ1v) is 5.99. The minimum Gasteiger partial charge on any atom is -0.486 e. The van der Waals surface area contributed by atoms with E-state index in [1.165, 1.54) is 0 Å². The number of aromatic nitrogens is 3. The quantitative estimate of drug-likeness (QED) is 0.875. The van der Waals surface area contributed by atoms with E-state index in [0.717, 1.165) is 17.1 Å². The number of hydrogen-bond donors (Lipinski definition) is 1. The molecule has 0 fully saturated rings. The maximum absolute atomic E-state index is 5.68. The van der Waals surface area contributed by atoms with Gasteiger partial charge in [-0.15, -0.1) is 0 Å². The van der Waals surface area contributed by atoms with Gasteiger partial charge in [-0.25, -0.2) is 4.98 Å². The molecule has 0 bridgehead atoms. The number of ether oxygens (including phenoxy) is 1. The number of nitrogens with zero attached hydrogens (tertiary/aromatic N) is 3. The second-order valence-electron chi connectivity index (χ2n) is 4.36. The summed E-state index contributed by atoms with van der Waals surface area (Å²) in [6.07, 6.45) is 5.33. The summed E-state index contributed by atoms with van der Waals surface area (Å²) in [5, 5.41) is 0. The molecule has 0 unspecified atom stereocenters. The Morgan fingerprint density at radius 2 is 2.17 bits per heavy atom. The number of nitrogens with two attached hydrogens (primary N) is 1. The fourth-order valence-corrected chi connectivity index (χ4v) is 1.68. The molecular formula is C13H18N4O. The van der Waals surface area contributed by atoms with Gasteiger partial charge in [-0.3, -0.25) is 4.98 Å². The van der Waals surface area contributed by atoms with Crippen LogP contribution in [-0.2, 0) is 13.2 Å². The van der Waals surface area contributed by atoms with Gasteiger partial charge in [-0.2, -0.15) is 0 Å². The maximum Gasteiger partial charge on any atom is 0.138 e. The number of pyridine rings is 1. The second-order valence-corrected chi connectivity index (χ2v) is 4.36. The van der Waals surface area contributed by atoms with Gasteiger partial charge in [-0.1, -0.05) is 0 Å². The third kappa shape index (κ3) is 2.87. The predicted octanol–water partition coefficient (Wildman–Crippen LogP) is 1.90. The lowest BCUT2D eigenvalue weighted by molar-refractivity contribution is 0.291. The fraction of sp³-hybridized carbons (Fsp3) is 0.385. The van der Waals surface area contributed by atoms with E-state index >= 15 is 0 Å². The minimum absolute atomic E-state index is 0.379. The number of rotatable bonds is 5. The highest BCUT2D eigenvalue weighted by molar-refractivity contribution is 5.20. The van der Waals surface area contributed by atoms with Crippen LogP contribution in [0.5, 0.6) is 5.75 Å². The van der Waals surface area contributed by atoms with Gasteiger partial charge in [0.05, 0.1) is 30.1 Å². The maximum atomic E-state index is 5.68. The van der Waals surface area contributed by atoms with E-state index in [-0.39, 0.29) is 0 Å². The zero-order valence-corrected chi connectivity index (χ0v) is 10.7. The van der Waals surface area contributed by atoms with Gasteiger partial charge in [0, 0.05) is 12.6 Å². The van der Waals surface area contributed by atoms with Crippen LogP contribution < -0.4 is 10.5 Å². The van der Waals surface area contributed by atoms with Crippen molar-refractivity contribution in [1.82, 2.24) is 14.5 Å². The Bertz CT molecular complexity index is 490. The zero-order valence-electron chi connectivity index (χ0n) is 10.7. The van der Waals surface area contributed by atoms with Crippen LogP contribution in [0.2, 0.25) is 0 Å². The van der Waals surface area contributed by atoms with Crippen LogP contribution in [0.3, 0.4) is 0 Å². The van der Waals surface area contributed by atoms with Crippen molar-refractivity contribution in [2.45, 2.75) is 33.0 Å². The molecule has 5 nitrogen and oxygen atoms in total. The summed E-state index contributed by atoms with van der Waals surface area (Å²) in [5.74, 6) is 0.740. The Labute approximate surface area is 107 Å². The normalized spacial score (nSPS) is 10.9. The highest BCUT2D eigenvalue weighted by Crippen LogP contribution is 2.14. The Hall–Kier alpha value is -1.88. The van der Waals surface area contributed by atoms with Crippen molar-refractivity contribution >= 4 is 0 Å². The van der Waals surface area contributed by atoms with Crippen LogP contribution >= 0.6 is 0 Å². The van der Waals surface area contributed by atoms with Gasteiger partial charge in [0.25, 0.3) is 0 Å². The van der Waals surface area contributed by atoms with Gasteiger partial charge in [0.1, 0.15) is 12.4 Å². The standard InChI is InChI=1S/C13H18N4O/c1-10(2)17-9-15-6-12(17)8-18-13-4-3-11(5-14)16-7-13/h3-4,6-7,9-10H,5,8,14H2,1-2H3. The molecule has 2 rings (SSSR count). The molecule has 2 N–H and O–H groups in total. The molecule has 96 valence electrons. The third-order valence-corrected chi connectivity index (χ3v) is 2.70. The lowest BCUT2D eigenvalue weighted by Gasteiger charge is -2.12. The molecule has 0 spiro atoms. The highest BCUT2D eigenvalue weighted by Gasteiger charge is 2.06. The summed E-state index contributed by atoms with van der Waals surface area (Å²) in [5.41, 5.74) is 7.39. The van der Waals surface area contributed by atoms with E-state index in [0.29, 0.717) is 19.2 Å². The lowest BCUT2D eigenvalue weighted by Crippen LogP contribution is -2.07. The molecule has 0 aliphatic rings. The van der Waals surface area contributed by atoms with Crippen molar-refractivity contribution in [2.75, 3.05) is 0 Å². The summed E-state index contributed by atoms with van der Waals surface area (Å²) < 4.78 is 7.76. The van der Waals surface area contributed by atoms with Crippen LogP contribution in [0.25, 0.3) is 0 Å². The average molecular weight is 246 g/mol. The van der Waals surface area contributed by atoms with Crippen molar-refractivity contribution < 1.29 is 4.74 Å². The third-order valence-electron chi connectivity index (χ3n) is 2.70. The topological polar surface area (TPSA) is 66.0 Å². The Morgan fingerprint density at radius 1 is 1.33 bits per heavy atom. The number of hydrogen-bond acceptors (Lipinski definition) is 4. The fourth-order valence-electron chi connectivity index (χ4n) is 1.68. The summed E-state index contributed by atoms with van der Waals surface area (Å²) in [7, 11) is 0. The molecule has 18 heavy (non-hydrogen) atoms. The summed E-state index contributed by atoms with van der Waals surface area (Å²) >= 11 is 0. The second kappa shape index (κ2) is 5.64. The van der Waals surface area contributed by atoms with Crippen LogP contribution in [0.15, 0.2) is 30.9 Å². The van der Waals surface area contributed by atoms with Crippen molar-refractivity contribution in [3.8, 4) is 5.75 Å². The number of imidazole rings is 1. The Morgan fingerprint density at radius 3 is 2.78 bits per heavy atom. The van der Waals surface area contributed by atoms with Crippen LogP contribution in [0.1, 0.15) is 31.3 Å². The van der Waals surface area contributed by atoms with Crippen molar-refractivity contribution in [3.05, 3.63) is 42.2 Å². The van der Waals surface area contributed by atoms with E-state index in [1.54, 1.807) is 6.20 Å². The summed E-state index contributed by atoms with van der Waals surface area (Å²) in [6.45, 7) is 5.16. The molecule has 0 aliphatic carbocycles. The van der Waals surface area contributed by atoms with E-state index < -0.39 is 0 Å². The lowest BCUT2D eigenvalue weighted by atomic mass is 10.3. The SMILES string of the molecule is CC(C)n1cncc1COc1ccc(CN)nc1. The molecule has 0 saturated carbocycles. The van der Waals surface area contributed by atoms with Gasteiger partial charge in [0.15, 0.2) is 0 Å². The van der Waals surface area contributed by atoms with E-state index in [1.807, 2.05) is 24.7 Å². The summed E-state index contributed by atoms with van der Waals surface area (Å²) in [6, 6.07) is 4.13. The average Bonchev–Trinajstić information content (AvgIpc) is 2.85. The van der Waals surface area contributed by atoms with Gasteiger partial charge >= 0.3 is 0 Å². The largest absolute Gasteiger partial charge is 0.486 e. The van der Waals surface area contributed by atoms with Gasteiger partial charge in [-0.05, 0) is 26.0 Å². The molecule has 2 aromatic rings. The summed E-state index contributed by atoms with van der Waals surface area (Å²) in [4.78, 5) is 8.32. The molecule has 0 amide bonds. The highest BCUT2D eigenvalue weighted by atomic mass is 16.5. The Balaban J connectivity index is 2.00. The van der Waals surface area contributed by atoms with Crippen molar-refractivity contribution in [2.24, 2.45) is 5.73 Å². The van der Waals surface area contributed by atoms with E-state index in [9.17, 15) is 0 Å². The predicted molar refractivity (Wildman–Crippen MR) is 69.1 cm³/mol. The first kappa shape index (κ1) is 12.6. The van der Waals surface area contributed by atoms with E-state index in [2.05, 4.69) is 28.4 Å². The van der Waals surface area contributed by atoms with Crippen molar-refractivity contribution in [1.29, 1.82) is 0 Å². The minimum atomic E-state index is 0.379. The molecule has 0 saturated heterocycles. The molecule has 0 aromatic carbocycles. The van der Waals surface area contributed by atoms with Gasteiger partial charge in [0.2, 0.25) is 0 Å². The smallest absolute Gasteiger partial charge is 0.138 e. The molecule has 0 radical (unpaired) electrons. The van der Waals surface area contributed by atoms with Crippen LogP contribution in [0, 0.1) is 0 Å². The van der Waals surface area contributed by atoms with Crippen molar-refractivity contribution in [3.63, 3.8) is 0 Å². The first-order valence-electron chi connectivity index (χ1n) is 5.99. The molecular weight excluding hydrogens is 228 g/mol. The van der Waals surface area contributed by atoms with Crippen LogP contribution in [-0.4, -0.2) is 14.5 Å².